The van der Waals surface area contributed by atoms with Gasteiger partial charge in [0.05, 0.1) is 7.11 Å². The van der Waals surface area contributed by atoms with Crippen molar-refractivity contribution < 1.29 is 4.74 Å². The molecule has 7 heteroatoms. The summed E-state index contributed by atoms with van der Waals surface area (Å²) in [5.41, 5.74) is 5.58. The molecule has 4 rings (SSSR count). The number of methoxy groups -OCH3 is 1. The number of pyridine rings is 1. The van der Waals surface area contributed by atoms with Gasteiger partial charge in [-0.05, 0) is 91.3 Å². The highest BCUT2D eigenvalue weighted by molar-refractivity contribution is 7.80. The van der Waals surface area contributed by atoms with Crippen molar-refractivity contribution in [2.24, 2.45) is 0 Å². The normalized spacial score (nSPS) is 10.8. The number of aromatic amines is 1. The Bertz CT molecular complexity index is 1210. The van der Waals surface area contributed by atoms with E-state index in [0.29, 0.717) is 11.7 Å². The first-order valence-corrected chi connectivity index (χ1v) is 11.2. The minimum atomic E-state index is 0.669. The van der Waals surface area contributed by atoms with Crippen molar-refractivity contribution >= 4 is 45.5 Å². The molecule has 0 aliphatic carbocycles. The van der Waals surface area contributed by atoms with E-state index in [1.165, 1.54) is 5.56 Å². The maximum atomic E-state index is 6.26. The Labute approximate surface area is 198 Å². The van der Waals surface area contributed by atoms with Crippen LogP contribution < -0.4 is 10.1 Å². The molecule has 0 spiro atoms. The van der Waals surface area contributed by atoms with Gasteiger partial charge in [0.1, 0.15) is 5.75 Å². The lowest BCUT2D eigenvalue weighted by Gasteiger charge is -2.26. The lowest BCUT2D eigenvalue weighted by molar-refractivity contribution is 0.415. The van der Waals surface area contributed by atoms with Gasteiger partial charge in [0.25, 0.3) is 0 Å². The lowest BCUT2D eigenvalue weighted by Crippen LogP contribution is -2.36. The van der Waals surface area contributed by atoms with Gasteiger partial charge in [0, 0.05) is 52.8 Å². The maximum absolute atomic E-state index is 6.26. The number of hydrogen-bond acceptors (Lipinski definition) is 3. The highest BCUT2D eigenvalue weighted by Gasteiger charge is 2.15. The molecule has 2 N–H and O–H groups in total. The van der Waals surface area contributed by atoms with Crippen LogP contribution in [0.3, 0.4) is 0 Å². The number of ether oxygens (including phenoxy) is 1. The number of halogens is 1. The van der Waals surface area contributed by atoms with Crippen molar-refractivity contribution in [2.45, 2.75) is 19.9 Å². The minimum absolute atomic E-state index is 0.669. The van der Waals surface area contributed by atoms with E-state index in [9.17, 15) is 0 Å². The zero-order valence-corrected chi connectivity index (χ0v) is 19.6. The number of nitrogens with one attached hydrogen (secondary N) is 2. The van der Waals surface area contributed by atoms with Crippen molar-refractivity contribution in [3.05, 3.63) is 88.8 Å². The molecule has 0 unspecified atom stereocenters. The van der Waals surface area contributed by atoms with Crippen LogP contribution in [0.4, 0.5) is 5.69 Å². The SMILES string of the molecule is COc1ccc(NC(=S)N(CCc2c(C)[nH]c3ccc(Cl)cc23)Cc2ccncc2)cc1. The van der Waals surface area contributed by atoms with E-state index in [1.54, 1.807) is 19.5 Å². The van der Waals surface area contributed by atoms with Crippen molar-refractivity contribution in [2.75, 3.05) is 19.0 Å². The molecule has 4 aromatic rings. The van der Waals surface area contributed by atoms with E-state index >= 15 is 0 Å². The van der Waals surface area contributed by atoms with Gasteiger partial charge in [0.15, 0.2) is 5.11 Å². The summed E-state index contributed by atoms with van der Waals surface area (Å²) < 4.78 is 5.25. The van der Waals surface area contributed by atoms with Crippen LogP contribution in [0, 0.1) is 6.92 Å². The Balaban J connectivity index is 1.54. The summed E-state index contributed by atoms with van der Waals surface area (Å²) in [5, 5.41) is 5.93. The molecule has 0 aliphatic rings. The highest BCUT2D eigenvalue weighted by atomic mass is 35.5. The molecular formula is C25H25ClN4OS. The highest BCUT2D eigenvalue weighted by Crippen LogP contribution is 2.26. The number of rotatable bonds is 7. The third-order valence-corrected chi connectivity index (χ3v) is 6.06. The standard InChI is InChI=1S/C25H25ClN4OS/c1-17-22(23-15-19(26)3-8-24(23)28-17)11-14-30(16-18-9-12-27-13-10-18)25(32)29-20-4-6-21(31-2)7-5-20/h3-10,12-13,15,28H,11,14,16H2,1-2H3,(H,29,32). The quantitative estimate of drug-likeness (QED) is 0.330. The first-order valence-electron chi connectivity index (χ1n) is 10.4. The lowest BCUT2D eigenvalue weighted by atomic mass is 10.1. The Morgan fingerprint density at radius 3 is 2.59 bits per heavy atom. The zero-order valence-electron chi connectivity index (χ0n) is 18.1. The van der Waals surface area contributed by atoms with E-state index in [0.717, 1.165) is 51.6 Å². The molecule has 2 heterocycles. The van der Waals surface area contributed by atoms with E-state index in [-0.39, 0.29) is 0 Å². The predicted octanol–water partition coefficient (Wildman–Crippen LogP) is 5.98. The fourth-order valence-corrected chi connectivity index (χ4v) is 4.21. The number of benzene rings is 2. The van der Waals surface area contributed by atoms with Crippen LogP contribution in [0.25, 0.3) is 10.9 Å². The van der Waals surface area contributed by atoms with Crippen molar-refractivity contribution in [1.29, 1.82) is 0 Å². The van der Waals surface area contributed by atoms with E-state index < -0.39 is 0 Å². The van der Waals surface area contributed by atoms with Gasteiger partial charge in [-0.2, -0.15) is 0 Å². The number of nitrogens with zero attached hydrogens (tertiary/aromatic N) is 2. The molecule has 2 aromatic carbocycles. The average Bonchev–Trinajstić information content (AvgIpc) is 3.12. The van der Waals surface area contributed by atoms with Gasteiger partial charge in [0.2, 0.25) is 0 Å². The van der Waals surface area contributed by atoms with Crippen LogP contribution in [0.5, 0.6) is 5.75 Å². The Morgan fingerprint density at radius 2 is 1.88 bits per heavy atom. The molecule has 0 radical (unpaired) electrons. The second-order valence-electron chi connectivity index (χ2n) is 7.60. The van der Waals surface area contributed by atoms with E-state index in [2.05, 4.69) is 27.1 Å². The number of aromatic nitrogens is 2. The van der Waals surface area contributed by atoms with Crippen molar-refractivity contribution in [1.82, 2.24) is 14.9 Å². The van der Waals surface area contributed by atoms with Crippen LogP contribution in [-0.2, 0) is 13.0 Å². The van der Waals surface area contributed by atoms with Crippen LogP contribution in [0.2, 0.25) is 5.02 Å². The number of anilines is 1. The molecule has 0 atom stereocenters. The predicted molar refractivity (Wildman–Crippen MR) is 136 cm³/mol. The van der Waals surface area contributed by atoms with Crippen LogP contribution in [-0.4, -0.2) is 33.6 Å². The fraction of sp³-hybridized carbons (Fsp3) is 0.200. The van der Waals surface area contributed by atoms with Gasteiger partial charge in [-0.3, -0.25) is 4.98 Å². The zero-order chi connectivity index (χ0) is 22.5. The third kappa shape index (κ3) is 5.21. The largest absolute Gasteiger partial charge is 0.497 e. The Hall–Kier alpha value is -3.09. The smallest absolute Gasteiger partial charge is 0.173 e. The molecule has 0 bridgehead atoms. The van der Waals surface area contributed by atoms with Gasteiger partial charge in [-0.1, -0.05) is 11.6 Å². The first-order chi connectivity index (χ1) is 15.5. The summed E-state index contributed by atoms with van der Waals surface area (Å²) in [6.45, 7) is 3.54. The van der Waals surface area contributed by atoms with Gasteiger partial charge >= 0.3 is 0 Å². The number of hydrogen-bond donors (Lipinski definition) is 2. The van der Waals surface area contributed by atoms with Crippen LogP contribution >= 0.6 is 23.8 Å². The van der Waals surface area contributed by atoms with Gasteiger partial charge < -0.3 is 19.9 Å². The molecule has 5 nitrogen and oxygen atoms in total. The van der Waals surface area contributed by atoms with Crippen LogP contribution in [0.15, 0.2) is 67.0 Å². The molecule has 0 aliphatic heterocycles. The average molecular weight is 465 g/mol. The molecular weight excluding hydrogens is 440 g/mol. The van der Waals surface area contributed by atoms with Crippen molar-refractivity contribution in [3.8, 4) is 5.75 Å². The van der Waals surface area contributed by atoms with Crippen molar-refractivity contribution in [3.63, 3.8) is 0 Å². The first kappa shape index (κ1) is 22.1. The van der Waals surface area contributed by atoms with Gasteiger partial charge in [-0.25, -0.2) is 0 Å². The second-order valence-corrected chi connectivity index (χ2v) is 8.43. The number of thiocarbonyl (C=S) groups is 1. The summed E-state index contributed by atoms with van der Waals surface area (Å²) in [6.07, 6.45) is 4.44. The monoisotopic (exact) mass is 464 g/mol. The topological polar surface area (TPSA) is 53.2 Å². The molecule has 2 aromatic heterocycles. The number of fused-ring (bicyclic) bond motifs is 1. The summed E-state index contributed by atoms with van der Waals surface area (Å²) in [5.74, 6) is 0.809. The van der Waals surface area contributed by atoms with E-state index in [4.69, 9.17) is 28.6 Å². The molecule has 0 amide bonds. The number of aryl methyl sites for hydroxylation is 1. The molecule has 164 valence electrons. The summed E-state index contributed by atoms with van der Waals surface area (Å²) in [7, 11) is 1.66. The summed E-state index contributed by atoms with van der Waals surface area (Å²) in [6, 6.07) is 17.7. The summed E-state index contributed by atoms with van der Waals surface area (Å²) >= 11 is 12.1. The third-order valence-electron chi connectivity index (χ3n) is 5.46. The summed E-state index contributed by atoms with van der Waals surface area (Å²) in [4.78, 5) is 9.77. The molecule has 0 saturated carbocycles. The number of H-pyrrole nitrogens is 1. The molecule has 32 heavy (non-hydrogen) atoms. The Kier molecular flexibility index (Phi) is 6.93. The molecule has 0 saturated heterocycles. The molecule has 0 fully saturated rings. The second kappa shape index (κ2) is 10.0. The fourth-order valence-electron chi connectivity index (χ4n) is 3.76. The van der Waals surface area contributed by atoms with Gasteiger partial charge in [-0.15, -0.1) is 0 Å². The van der Waals surface area contributed by atoms with E-state index in [1.807, 2.05) is 54.6 Å². The Morgan fingerprint density at radius 1 is 1.12 bits per heavy atom. The minimum Gasteiger partial charge on any atom is -0.497 e. The maximum Gasteiger partial charge on any atom is 0.173 e. The van der Waals surface area contributed by atoms with Crippen LogP contribution in [0.1, 0.15) is 16.8 Å².